The predicted octanol–water partition coefficient (Wildman–Crippen LogP) is 1.79. The summed E-state index contributed by atoms with van der Waals surface area (Å²) in [6, 6.07) is 7.21. The summed E-state index contributed by atoms with van der Waals surface area (Å²) in [4.78, 5) is 34.6. The number of anilines is 1. The zero-order valence-corrected chi connectivity index (χ0v) is 13.1. The number of nitrogens with zero attached hydrogens (tertiary/aromatic N) is 3. The third kappa shape index (κ3) is 2.67. The lowest BCUT2D eigenvalue weighted by Crippen LogP contribution is -2.45. The van der Waals surface area contributed by atoms with E-state index in [2.05, 4.69) is 9.97 Å². The maximum atomic E-state index is 12.9. The van der Waals surface area contributed by atoms with E-state index in [9.17, 15) is 9.59 Å². The highest BCUT2D eigenvalue weighted by Gasteiger charge is 2.36. The smallest absolute Gasteiger partial charge is 0.278 e. The molecule has 3 rings (SSSR count). The zero-order chi connectivity index (χ0) is 16.6. The number of hydrogen-bond donors (Lipinski definition) is 1. The Morgan fingerprint density at radius 2 is 1.96 bits per heavy atom. The monoisotopic (exact) mass is 310 g/mol. The highest BCUT2D eigenvalue weighted by molar-refractivity contribution is 6.06. The van der Waals surface area contributed by atoms with Crippen molar-refractivity contribution < 1.29 is 9.59 Å². The SMILES string of the molecule is Cc1cnc(C(=O)N2c3ccccc3[C@H](C(N)=O)C[C@H]2C)cn1. The zero-order valence-electron chi connectivity index (χ0n) is 13.1. The van der Waals surface area contributed by atoms with Crippen molar-refractivity contribution in [3.8, 4) is 0 Å². The number of benzene rings is 1. The van der Waals surface area contributed by atoms with Crippen LogP contribution in [0.25, 0.3) is 0 Å². The minimum Gasteiger partial charge on any atom is -0.369 e. The van der Waals surface area contributed by atoms with E-state index in [1.165, 1.54) is 6.20 Å². The van der Waals surface area contributed by atoms with Crippen LogP contribution in [0.3, 0.4) is 0 Å². The van der Waals surface area contributed by atoms with Gasteiger partial charge in [-0.2, -0.15) is 0 Å². The largest absolute Gasteiger partial charge is 0.369 e. The van der Waals surface area contributed by atoms with E-state index < -0.39 is 0 Å². The Hall–Kier alpha value is -2.76. The van der Waals surface area contributed by atoms with Crippen molar-refractivity contribution in [2.75, 3.05) is 4.90 Å². The molecule has 2 heterocycles. The molecule has 0 aliphatic carbocycles. The third-order valence-electron chi connectivity index (χ3n) is 4.15. The van der Waals surface area contributed by atoms with E-state index in [0.717, 1.165) is 11.3 Å². The van der Waals surface area contributed by atoms with E-state index in [-0.39, 0.29) is 29.5 Å². The molecule has 0 spiro atoms. The number of fused-ring (bicyclic) bond motifs is 1. The summed E-state index contributed by atoms with van der Waals surface area (Å²) in [7, 11) is 0. The van der Waals surface area contributed by atoms with Gasteiger partial charge in [-0.05, 0) is 31.9 Å². The van der Waals surface area contributed by atoms with Gasteiger partial charge < -0.3 is 10.6 Å². The molecule has 0 saturated carbocycles. The third-order valence-corrected chi connectivity index (χ3v) is 4.15. The van der Waals surface area contributed by atoms with Crippen molar-refractivity contribution >= 4 is 17.5 Å². The van der Waals surface area contributed by atoms with Crippen molar-refractivity contribution in [3.63, 3.8) is 0 Å². The average molecular weight is 310 g/mol. The molecule has 1 aromatic carbocycles. The van der Waals surface area contributed by atoms with Crippen molar-refractivity contribution in [2.24, 2.45) is 5.73 Å². The molecular weight excluding hydrogens is 292 g/mol. The molecule has 2 atom stereocenters. The number of rotatable bonds is 2. The Balaban J connectivity index is 2.05. The van der Waals surface area contributed by atoms with E-state index in [1.54, 1.807) is 11.1 Å². The molecule has 0 bridgehead atoms. The maximum Gasteiger partial charge on any atom is 0.278 e. The Labute approximate surface area is 134 Å². The molecule has 0 fully saturated rings. The number of amides is 2. The van der Waals surface area contributed by atoms with Crippen LogP contribution in [0.2, 0.25) is 0 Å². The van der Waals surface area contributed by atoms with Gasteiger partial charge in [0.05, 0.1) is 17.8 Å². The van der Waals surface area contributed by atoms with Crippen LogP contribution in [0.4, 0.5) is 5.69 Å². The highest BCUT2D eigenvalue weighted by Crippen LogP contribution is 2.38. The van der Waals surface area contributed by atoms with Gasteiger partial charge in [-0.1, -0.05) is 18.2 Å². The maximum absolute atomic E-state index is 12.9. The molecule has 0 unspecified atom stereocenters. The minimum absolute atomic E-state index is 0.155. The Morgan fingerprint density at radius 1 is 1.22 bits per heavy atom. The number of nitrogens with two attached hydrogens (primary N) is 1. The lowest BCUT2D eigenvalue weighted by molar-refractivity contribution is -0.119. The van der Waals surface area contributed by atoms with E-state index in [1.807, 2.05) is 38.1 Å². The summed E-state index contributed by atoms with van der Waals surface area (Å²) in [5, 5.41) is 0. The fourth-order valence-electron chi connectivity index (χ4n) is 3.02. The lowest BCUT2D eigenvalue weighted by Gasteiger charge is -2.38. The first-order valence-electron chi connectivity index (χ1n) is 7.49. The van der Waals surface area contributed by atoms with Gasteiger partial charge in [0.15, 0.2) is 0 Å². The minimum atomic E-state index is -0.380. The van der Waals surface area contributed by atoms with Crippen LogP contribution in [0.5, 0.6) is 0 Å². The number of hydrogen-bond acceptors (Lipinski definition) is 4. The molecule has 1 aliphatic rings. The van der Waals surface area contributed by atoms with E-state index in [0.29, 0.717) is 12.1 Å². The summed E-state index contributed by atoms with van der Waals surface area (Å²) >= 11 is 0. The summed E-state index contributed by atoms with van der Waals surface area (Å²) in [6.45, 7) is 3.73. The lowest BCUT2D eigenvalue weighted by atomic mass is 9.85. The predicted molar refractivity (Wildman–Crippen MR) is 86.0 cm³/mol. The second-order valence-electron chi connectivity index (χ2n) is 5.82. The summed E-state index contributed by atoms with van der Waals surface area (Å²) in [6.07, 6.45) is 3.55. The van der Waals surface area contributed by atoms with Crippen molar-refractivity contribution in [2.45, 2.75) is 32.2 Å². The summed E-state index contributed by atoms with van der Waals surface area (Å²) in [5.41, 5.74) is 8.06. The number of carbonyl (C=O) groups excluding carboxylic acids is 2. The first kappa shape index (κ1) is 15.1. The molecular formula is C17H18N4O2. The van der Waals surface area contributed by atoms with Crippen LogP contribution < -0.4 is 10.6 Å². The van der Waals surface area contributed by atoms with E-state index >= 15 is 0 Å². The first-order valence-corrected chi connectivity index (χ1v) is 7.49. The molecule has 0 radical (unpaired) electrons. The van der Waals surface area contributed by atoms with Crippen LogP contribution in [-0.2, 0) is 4.79 Å². The van der Waals surface area contributed by atoms with Gasteiger partial charge in [0.2, 0.25) is 5.91 Å². The summed E-state index contributed by atoms with van der Waals surface area (Å²) in [5.74, 6) is -0.971. The molecule has 23 heavy (non-hydrogen) atoms. The second-order valence-corrected chi connectivity index (χ2v) is 5.82. The fourth-order valence-corrected chi connectivity index (χ4v) is 3.02. The molecule has 1 aliphatic heterocycles. The van der Waals surface area contributed by atoms with Crippen LogP contribution in [0.1, 0.15) is 41.0 Å². The fraction of sp³-hybridized carbons (Fsp3) is 0.294. The van der Waals surface area contributed by atoms with Gasteiger partial charge in [0.1, 0.15) is 5.69 Å². The van der Waals surface area contributed by atoms with Gasteiger partial charge in [-0.3, -0.25) is 14.6 Å². The highest BCUT2D eigenvalue weighted by atomic mass is 16.2. The molecule has 0 saturated heterocycles. The van der Waals surface area contributed by atoms with Gasteiger partial charge in [0, 0.05) is 17.9 Å². The van der Waals surface area contributed by atoms with Crippen LogP contribution in [0.15, 0.2) is 36.7 Å². The van der Waals surface area contributed by atoms with Crippen molar-refractivity contribution in [3.05, 3.63) is 53.6 Å². The number of aryl methyl sites for hydroxylation is 1. The second kappa shape index (κ2) is 5.79. The Kier molecular flexibility index (Phi) is 3.82. The normalized spacial score (nSPS) is 20.0. The van der Waals surface area contributed by atoms with Gasteiger partial charge in [-0.25, -0.2) is 4.98 Å². The molecule has 2 amide bonds. The van der Waals surface area contributed by atoms with Gasteiger partial charge in [-0.15, -0.1) is 0 Å². The first-order chi connectivity index (χ1) is 11.0. The summed E-state index contributed by atoms with van der Waals surface area (Å²) < 4.78 is 0. The molecule has 118 valence electrons. The van der Waals surface area contributed by atoms with Gasteiger partial charge in [0.25, 0.3) is 5.91 Å². The number of aromatic nitrogens is 2. The number of carbonyl (C=O) groups is 2. The topological polar surface area (TPSA) is 89.2 Å². The molecule has 2 N–H and O–H groups in total. The van der Waals surface area contributed by atoms with Crippen molar-refractivity contribution in [1.29, 1.82) is 0 Å². The van der Waals surface area contributed by atoms with E-state index in [4.69, 9.17) is 5.73 Å². The Morgan fingerprint density at radius 3 is 2.61 bits per heavy atom. The van der Waals surface area contributed by atoms with Gasteiger partial charge >= 0.3 is 0 Å². The van der Waals surface area contributed by atoms with Crippen LogP contribution >= 0.6 is 0 Å². The average Bonchev–Trinajstić information content (AvgIpc) is 2.54. The molecule has 6 nitrogen and oxygen atoms in total. The van der Waals surface area contributed by atoms with Crippen LogP contribution in [0, 0.1) is 6.92 Å². The molecule has 6 heteroatoms. The molecule has 1 aromatic heterocycles. The quantitative estimate of drug-likeness (QED) is 0.916. The van der Waals surface area contributed by atoms with Crippen LogP contribution in [-0.4, -0.2) is 27.8 Å². The standard InChI is InChI=1S/C17H18N4O2/c1-10-8-20-14(9-19-10)17(23)21-11(2)7-13(16(18)22)12-5-3-4-6-15(12)21/h3-6,8-9,11,13H,7H2,1-2H3,(H2,18,22)/t11-,13-/m1/s1. The van der Waals surface area contributed by atoms with Crippen molar-refractivity contribution in [1.82, 2.24) is 9.97 Å². The number of primary amides is 1. The Bertz CT molecular complexity index is 757. The number of para-hydroxylation sites is 1. The molecule has 2 aromatic rings.